The van der Waals surface area contributed by atoms with E-state index in [0.717, 1.165) is 0 Å². The number of ether oxygens (including phenoxy) is 1. The molecule has 1 aliphatic heterocycles. The molecule has 0 unspecified atom stereocenters. The lowest BCUT2D eigenvalue weighted by atomic mass is 10.2. The molecule has 178 valence electrons. The Bertz CT molecular complexity index is 1100. The SMILES string of the molecule is CN(C)C(=O)CNC(=O)Nc1ccc(-c2nc(CS(C)(=O)=O)cc(N3CCOCC3)n2)cc1. The number of nitrogens with zero attached hydrogens (tertiary/aromatic N) is 4. The number of amides is 3. The molecule has 1 aromatic carbocycles. The standard InChI is InChI=1S/C21H28N6O5S/c1-26(2)19(28)13-22-21(29)24-16-6-4-15(5-7-16)20-23-17(14-33(3,30)31)12-18(25-20)27-8-10-32-11-9-27/h4-7,12H,8-11,13-14H2,1-3H3,(H2,22,24,29). The smallest absolute Gasteiger partial charge is 0.319 e. The minimum Gasteiger partial charge on any atom is -0.378 e. The van der Waals surface area contributed by atoms with E-state index in [0.29, 0.717) is 54.9 Å². The molecule has 2 aromatic rings. The second-order valence-electron chi connectivity index (χ2n) is 7.88. The Morgan fingerprint density at radius 2 is 1.79 bits per heavy atom. The summed E-state index contributed by atoms with van der Waals surface area (Å²) in [6, 6.07) is 8.05. The van der Waals surface area contributed by atoms with Gasteiger partial charge in [-0.3, -0.25) is 4.79 Å². The van der Waals surface area contributed by atoms with E-state index in [9.17, 15) is 18.0 Å². The fourth-order valence-electron chi connectivity index (χ4n) is 3.10. The third-order valence-corrected chi connectivity index (χ3v) is 5.63. The van der Waals surface area contributed by atoms with Crippen LogP contribution < -0.4 is 15.5 Å². The first-order valence-electron chi connectivity index (χ1n) is 10.3. The van der Waals surface area contributed by atoms with Crippen molar-refractivity contribution in [3.63, 3.8) is 0 Å². The third-order valence-electron chi connectivity index (χ3n) is 4.81. The number of aromatic nitrogens is 2. The van der Waals surface area contributed by atoms with Gasteiger partial charge < -0.3 is 25.2 Å². The molecular weight excluding hydrogens is 448 g/mol. The minimum atomic E-state index is -3.28. The Balaban J connectivity index is 1.77. The molecule has 1 aromatic heterocycles. The molecule has 0 aliphatic carbocycles. The van der Waals surface area contributed by atoms with Crippen LogP contribution in [0, 0.1) is 0 Å². The van der Waals surface area contributed by atoms with Gasteiger partial charge in [0.2, 0.25) is 5.91 Å². The second-order valence-corrected chi connectivity index (χ2v) is 10.0. The molecular formula is C21H28N6O5S. The van der Waals surface area contributed by atoms with Gasteiger partial charge in [0, 0.05) is 50.8 Å². The van der Waals surface area contributed by atoms with Crippen LogP contribution in [0.4, 0.5) is 16.3 Å². The van der Waals surface area contributed by atoms with Crippen molar-refractivity contribution in [2.75, 3.05) is 63.4 Å². The Kier molecular flexibility index (Phi) is 7.82. The summed E-state index contributed by atoms with van der Waals surface area (Å²) < 4.78 is 29.1. The lowest BCUT2D eigenvalue weighted by Gasteiger charge is -2.28. The predicted molar refractivity (Wildman–Crippen MR) is 125 cm³/mol. The molecule has 2 N–H and O–H groups in total. The molecule has 2 heterocycles. The molecule has 0 saturated carbocycles. The number of urea groups is 1. The molecule has 1 fully saturated rings. The highest BCUT2D eigenvalue weighted by Crippen LogP contribution is 2.23. The number of sulfone groups is 1. The first-order valence-corrected chi connectivity index (χ1v) is 12.4. The number of hydrogen-bond acceptors (Lipinski definition) is 8. The maximum absolute atomic E-state index is 12.0. The van der Waals surface area contributed by atoms with Gasteiger partial charge >= 0.3 is 6.03 Å². The molecule has 0 atom stereocenters. The van der Waals surface area contributed by atoms with Gasteiger partial charge in [-0.15, -0.1) is 0 Å². The van der Waals surface area contributed by atoms with Gasteiger partial charge in [-0.1, -0.05) is 0 Å². The van der Waals surface area contributed by atoms with Crippen LogP contribution in [0.2, 0.25) is 0 Å². The van der Waals surface area contributed by atoms with E-state index in [4.69, 9.17) is 4.74 Å². The summed E-state index contributed by atoms with van der Waals surface area (Å²) in [6.45, 7) is 2.35. The fourth-order valence-corrected chi connectivity index (χ4v) is 3.79. The first kappa shape index (κ1) is 24.4. The van der Waals surface area contributed by atoms with E-state index in [1.807, 2.05) is 4.90 Å². The normalized spacial score (nSPS) is 14.0. The Hall–Kier alpha value is -3.25. The van der Waals surface area contributed by atoms with Crippen molar-refractivity contribution in [1.29, 1.82) is 0 Å². The quantitative estimate of drug-likeness (QED) is 0.598. The van der Waals surface area contributed by atoms with Crippen LogP contribution >= 0.6 is 0 Å². The predicted octanol–water partition coefficient (Wildman–Crippen LogP) is 0.735. The second kappa shape index (κ2) is 10.6. The zero-order valence-corrected chi connectivity index (χ0v) is 19.7. The number of carbonyl (C=O) groups is 2. The molecule has 0 spiro atoms. The van der Waals surface area contributed by atoms with Crippen molar-refractivity contribution >= 4 is 33.3 Å². The van der Waals surface area contributed by atoms with Crippen LogP contribution in [0.1, 0.15) is 5.69 Å². The maximum atomic E-state index is 12.0. The van der Waals surface area contributed by atoms with Crippen LogP contribution in [0.15, 0.2) is 30.3 Å². The molecule has 12 heteroatoms. The average Bonchev–Trinajstić information content (AvgIpc) is 2.77. The van der Waals surface area contributed by atoms with Crippen LogP contribution in [0.5, 0.6) is 0 Å². The van der Waals surface area contributed by atoms with Crippen molar-refractivity contribution in [2.45, 2.75) is 5.75 Å². The summed E-state index contributed by atoms with van der Waals surface area (Å²) in [5, 5.41) is 5.15. The van der Waals surface area contributed by atoms with Gasteiger partial charge in [0.15, 0.2) is 15.7 Å². The number of benzene rings is 1. The number of likely N-dealkylation sites (N-methyl/N-ethyl adjacent to an activating group) is 1. The van der Waals surface area contributed by atoms with Crippen LogP contribution in [0.3, 0.4) is 0 Å². The molecule has 11 nitrogen and oxygen atoms in total. The third kappa shape index (κ3) is 7.39. The fraction of sp³-hybridized carbons (Fsp3) is 0.429. The van der Waals surface area contributed by atoms with Crippen molar-refractivity contribution in [1.82, 2.24) is 20.2 Å². The Morgan fingerprint density at radius 1 is 1.12 bits per heavy atom. The zero-order valence-electron chi connectivity index (χ0n) is 18.9. The number of hydrogen-bond donors (Lipinski definition) is 2. The average molecular weight is 477 g/mol. The summed E-state index contributed by atoms with van der Waals surface area (Å²) >= 11 is 0. The Labute approximate surface area is 193 Å². The molecule has 0 radical (unpaired) electrons. The molecule has 1 aliphatic rings. The topological polar surface area (TPSA) is 134 Å². The number of rotatable bonds is 7. The monoisotopic (exact) mass is 476 g/mol. The molecule has 3 amide bonds. The van der Waals surface area contributed by atoms with Gasteiger partial charge in [0.1, 0.15) is 5.82 Å². The molecule has 33 heavy (non-hydrogen) atoms. The summed E-state index contributed by atoms with van der Waals surface area (Å²) in [5.74, 6) is 0.632. The van der Waals surface area contributed by atoms with Crippen LogP contribution in [-0.4, -0.2) is 88.4 Å². The van der Waals surface area contributed by atoms with E-state index < -0.39 is 15.9 Å². The van der Waals surface area contributed by atoms with Gasteiger partial charge in [-0.2, -0.15) is 0 Å². The summed E-state index contributed by atoms with van der Waals surface area (Å²) in [7, 11) is -0.0574. The lowest BCUT2D eigenvalue weighted by Crippen LogP contribution is -2.38. The number of nitrogens with one attached hydrogen (secondary N) is 2. The van der Waals surface area contributed by atoms with E-state index >= 15 is 0 Å². The van der Waals surface area contributed by atoms with Crippen molar-refractivity contribution in [3.8, 4) is 11.4 Å². The highest BCUT2D eigenvalue weighted by molar-refractivity contribution is 7.89. The largest absolute Gasteiger partial charge is 0.378 e. The van der Waals surface area contributed by atoms with Crippen molar-refractivity contribution in [3.05, 3.63) is 36.0 Å². The minimum absolute atomic E-state index is 0.109. The van der Waals surface area contributed by atoms with Crippen LogP contribution in [-0.2, 0) is 25.1 Å². The molecule has 1 saturated heterocycles. The highest BCUT2D eigenvalue weighted by Gasteiger charge is 2.17. The lowest BCUT2D eigenvalue weighted by molar-refractivity contribution is -0.127. The summed E-state index contributed by atoms with van der Waals surface area (Å²) in [4.78, 5) is 36.1. The van der Waals surface area contributed by atoms with Gasteiger partial charge in [-0.25, -0.2) is 23.2 Å². The summed E-state index contributed by atoms with van der Waals surface area (Å²) in [6.07, 6.45) is 1.17. The van der Waals surface area contributed by atoms with Crippen LogP contribution in [0.25, 0.3) is 11.4 Å². The maximum Gasteiger partial charge on any atom is 0.319 e. The highest BCUT2D eigenvalue weighted by atomic mass is 32.2. The van der Waals surface area contributed by atoms with Crippen molar-refractivity contribution < 1.29 is 22.7 Å². The van der Waals surface area contributed by atoms with Gasteiger partial charge in [0.25, 0.3) is 0 Å². The van der Waals surface area contributed by atoms with E-state index in [1.165, 1.54) is 11.2 Å². The van der Waals surface area contributed by atoms with E-state index in [-0.39, 0.29) is 18.2 Å². The van der Waals surface area contributed by atoms with Gasteiger partial charge in [0.05, 0.1) is 31.2 Å². The number of carbonyl (C=O) groups excluding carboxylic acids is 2. The van der Waals surface area contributed by atoms with Gasteiger partial charge in [-0.05, 0) is 24.3 Å². The van der Waals surface area contributed by atoms with Crippen molar-refractivity contribution in [2.24, 2.45) is 0 Å². The summed E-state index contributed by atoms with van der Waals surface area (Å²) in [5.41, 5.74) is 1.61. The van der Waals surface area contributed by atoms with E-state index in [2.05, 4.69) is 20.6 Å². The Morgan fingerprint density at radius 3 is 2.39 bits per heavy atom. The number of morpholine rings is 1. The number of anilines is 2. The zero-order chi connectivity index (χ0) is 24.0. The molecule has 3 rings (SSSR count). The first-order chi connectivity index (χ1) is 15.6. The van der Waals surface area contributed by atoms with E-state index in [1.54, 1.807) is 44.4 Å². The molecule has 0 bridgehead atoms.